The van der Waals surface area contributed by atoms with Crippen molar-refractivity contribution < 1.29 is 19.4 Å². The van der Waals surface area contributed by atoms with Crippen molar-refractivity contribution >= 4 is 11.9 Å². The van der Waals surface area contributed by atoms with Gasteiger partial charge in [-0.2, -0.15) is 0 Å². The third-order valence-electron chi connectivity index (χ3n) is 2.77. The molecule has 0 aliphatic carbocycles. The fraction of sp³-hybridized carbons (Fsp3) is 0.692. The van der Waals surface area contributed by atoms with Crippen LogP contribution in [0, 0.1) is 11.3 Å². The van der Waals surface area contributed by atoms with Gasteiger partial charge in [0, 0.05) is 0 Å². The van der Waals surface area contributed by atoms with Crippen molar-refractivity contribution in [3.05, 3.63) is 11.6 Å². The first kappa shape index (κ1) is 15.7. The van der Waals surface area contributed by atoms with Gasteiger partial charge in [-0.1, -0.05) is 26.8 Å². The quantitative estimate of drug-likeness (QED) is 0.574. The summed E-state index contributed by atoms with van der Waals surface area (Å²) in [6, 6.07) is 0. The van der Waals surface area contributed by atoms with Gasteiger partial charge in [0.2, 0.25) is 0 Å². The highest BCUT2D eigenvalue weighted by Crippen LogP contribution is 2.33. The van der Waals surface area contributed by atoms with Crippen molar-refractivity contribution in [3.8, 4) is 0 Å². The van der Waals surface area contributed by atoms with E-state index in [1.807, 2.05) is 13.8 Å². The van der Waals surface area contributed by atoms with Crippen LogP contribution in [0.15, 0.2) is 11.6 Å². The standard InChI is InChI=1S/C13H22O4/c1-6-13(5,12(15)16)10(8-9(3)4)11(14)17-7-2/h8-9H,6-7H2,1-5H3,(H,15,16). The Bertz CT molecular complexity index is 317. The van der Waals surface area contributed by atoms with Crippen molar-refractivity contribution in [2.75, 3.05) is 6.61 Å². The molecule has 0 aromatic rings. The summed E-state index contributed by atoms with van der Waals surface area (Å²) < 4.78 is 4.93. The summed E-state index contributed by atoms with van der Waals surface area (Å²) in [5.41, 5.74) is -0.944. The van der Waals surface area contributed by atoms with Gasteiger partial charge in [0.1, 0.15) is 0 Å². The lowest BCUT2D eigenvalue weighted by Gasteiger charge is -2.25. The maximum Gasteiger partial charge on any atom is 0.334 e. The van der Waals surface area contributed by atoms with E-state index in [-0.39, 0.29) is 18.1 Å². The molecule has 1 unspecified atom stereocenters. The van der Waals surface area contributed by atoms with E-state index in [2.05, 4.69) is 0 Å². The van der Waals surface area contributed by atoms with E-state index in [1.165, 1.54) is 0 Å². The molecular formula is C13H22O4. The normalized spacial score (nSPS) is 15.5. The molecule has 0 radical (unpaired) electrons. The number of hydrogen-bond donors (Lipinski definition) is 1. The van der Waals surface area contributed by atoms with Gasteiger partial charge in [-0.05, 0) is 26.2 Å². The molecule has 0 saturated heterocycles. The van der Waals surface area contributed by atoms with Crippen LogP contribution in [0.2, 0.25) is 0 Å². The van der Waals surface area contributed by atoms with Crippen LogP contribution in [-0.2, 0) is 14.3 Å². The zero-order valence-electron chi connectivity index (χ0n) is 11.2. The predicted octanol–water partition coefficient (Wildman–Crippen LogP) is 2.63. The lowest BCUT2D eigenvalue weighted by molar-refractivity contribution is -0.151. The Labute approximate surface area is 103 Å². The average molecular weight is 242 g/mol. The minimum absolute atomic E-state index is 0.0969. The second kappa shape index (κ2) is 6.42. The Hall–Kier alpha value is -1.32. The summed E-state index contributed by atoms with van der Waals surface area (Å²) in [6.45, 7) is 9.05. The van der Waals surface area contributed by atoms with Gasteiger partial charge in [-0.15, -0.1) is 0 Å². The third kappa shape index (κ3) is 3.88. The van der Waals surface area contributed by atoms with E-state index in [4.69, 9.17) is 4.74 Å². The fourth-order valence-corrected chi connectivity index (χ4v) is 1.48. The van der Waals surface area contributed by atoms with Crippen molar-refractivity contribution in [1.29, 1.82) is 0 Å². The molecule has 0 amide bonds. The van der Waals surface area contributed by atoms with Crippen LogP contribution >= 0.6 is 0 Å². The van der Waals surface area contributed by atoms with Crippen LogP contribution in [0.4, 0.5) is 0 Å². The fourth-order valence-electron chi connectivity index (χ4n) is 1.48. The first-order valence-electron chi connectivity index (χ1n) is 5.92. The Kier molecular flexibility index (Phi) is 5.93. The topological polar surface area (TPSA) is 63.6 Å². The SMILES string of the molecule is CCOC(=O)C(=CC(C)C)C(C)(CC)C(=O)O. The lowest BCUT2D eigenvalue weighted by atomic mass is 9.78. The van der Waals surface area contributed by atoms with Crippen LogP contribution < -0.4 is 0 Å². The van der Waals surface area contributed by atoms with Crippen molar-refractivity contribution in [2.45, 2.75) is 41.0 Å². The van der Waals surface area contributed by atoms with Gasteiger partial charge >= 0.3 is 11.9 Å². The second-order valence-electron chi connectivity index (χ2n) is 4.54. The highest BCUT2D eigenvalue weighted by atomic mass is 16.5. The van der Waals surface area contributed by atoms with E-state index >= 15 is 0 Å². The molecule has 0 aliphatic heterocycles. The number of carbonyl (C=O) groups excluding carboxylic acids is 1. The summed E-state index contributed by atoms with van der Waals surface area (Å²) in [6.07, 6.45) is 2.02. The number of carboxylic acid groups (broad SMARTS) is 1. The van der Waals surface area contributed by atoms with E-state index in [0.29, 0.717) is 6.42 Å². The molecule has 0 spiro atoms. The molecule has 0 aromatic heterocycles. The number of ether oxygens (including phenoxy) is 1. The maximum absolute atomic E-state index is 11.8. The minimum Gasteiger partial charge on any atom is -0.481 e. The molecule has 17 heavy (non-hydrogen) atoms. The lowest BCUT2D eigenvalue weighted by Crippen LogP contribution is -2.34. The van der Waals surface area contributed by atoms with Crippen molar-refractivity contribution in [1.82, 2.24) is 0 Å². The number of esters is 1. The highest BCUT2D eigenvalue weighted by molar-refractivity contribution is 5.97. The maximum atomic E-state index is 11.8. The Morgan fingerprint density at radius 1 is 1.35 bits per heavy atom. The van der Waals surface area contributed by atoms with E-state index < -0.39 is 17.4 Å². The Balaban J connectivity index is 5.46. The molecule has 0 rings (SSSR count). The number of allylic oxidation sites excluding steroid dienone is 1. The zero-order valence-corrected chi connectivity index (χ0v) is 11.2. The second-order valence-corrected chi connectivity index (χ2v) is 4.54. The van der Waals surface area contributed by atoms with Crippen LogP contribution in [0.1, 0.15) is 41.0 Å². The monoisotopic (exact) mass is 242 g/mol. The predicted molar refractivity (Wildman–Crippen MR) is 65.6 cm³/mol. The first-order valence-corrected chi connectivity index (χ1v) is 5.92. The molecule has 0 saturated carbocycles. The minimum atomic E-state index is -1.18. The van der Waals surface area contributed by atoms with Crippen LogP contribution in [0.3, 0.4) is 0 Å². The summed E-state index contributed by atoms with van der Waals surface area (Å²) in [5, 5.41) is 9.28. The largest absolute Gasteiger partial charge is 0.481 e. The van der Waals surface area contributed by atoms with E-state index in [1.54, 1.807) is 26.8 Å². The number of rotatable bonds is 6. The van der Waals surface area contributed by atoms with E-state index in [9.17, 15) is 14.7 Å². The molecule has 98 valence electrons. The Morgan fingerprint density at radius 3 is 2.18 bits per heavy atom. The van der Waals surface area contributed by atoms with Crippen LogP contribution in [0.5, 0.6) is 0 Å². The van der Waals surface area contributed by atoms with Gasteiger partial charge in [-0.3, -0.25) is 4.79 Å². The smallest absolute Gasteiger partial charge is 0.334 e. The first-order chi connectivity index (χ1) is 7.79. The summed E-state index contributed by atoms with van der Waals surface area (Å²) in [5.74, 6) is -1.44. The Morgan fingerprint density at radius 2 is 1.88 bits per heavy atom. The van der Waals surface area contributed by atoms with Gasteiger partial charge in [-0.25, -0.2) is 4.79 Å². The molecule has 1 N–H and O–H groups in total. The van der Waals surface area contributed by atoms with E-state index in [0.717, 1.165) is 0 Å². The van der Waals surface area contributed by atoms with Gasteiger partial charge in [0.05, 0.1) is 17.6 Å². The molecule has 1 atom stereocenters. The summed E-state index contributed by atoms with van der Waals surface area (Å²) in [7, 11) is 0. The number of aliphatic carboxylic acids is 1. The molecule has 0 aromatic carbocycles. The average Bonchev–Trinajstić information content (AvgIpc) is 2.24. The van der Waals surface area contributed by atoms with Crippen LogP contribution in [0.25, 0.3) is 0 Å². The van der Waals surface area contributed by atoms with Crippen molar-refractivity contribution in [3.63, 3.8) is 0 Å². The van der Waals surface area contributed by atoms with Crippen molar-refractivity contribution in [2.24, 2.45) is 11.3 Å². The van der Waals surface area contributed by atoms with Gasteiger partial charge in [0.25, 0.3) is 0 Å². The molecule has 0 fully saturated rings. The summed E-state index contributed by atoms with van der Waals surface area (Å²) in [4.78, 5) is 23.2. The molecular weight excluding hydrogens is 220 g/mol. The number of carboxylic acids is 1. The molecule has 4 nitrogen and oxygen atoms in total. The molecule has 0 aliphatic rings. The van der Waals surface area contributed by atoms with Crippen LogP contribution in [-0.4, -0.2) is 23.7 Å². The molecule has 0 bridgehead atoms. The number of carbonyl (C=O) groups is 2. The zero-order chi connectivity index (χ0) is 13.6. The van der Waals surface area contributed by atoms with Gasteiger partial charge in [0.15, 0.2) is 0 Å². The van der Waals surface area contributed by atoms with Gasteiger partial charge < -0.3 is 9.84 Å². The summed E-state index contributed by atoms with van der Waals surface area (Å²) >= 11 is 0. The third-order valence-corrected chi connectivity index (χ3v) is 2.77. The highest BCUT2D eigenvalue weighted by Gasteiger charge is 2.39. The molecule has 4 heteroatoms. The molecule has 0 heterocycles. The number of hydrogen-bond acceptors (Lipinski definition) is 3.